The molecule has 2 saturated heterocycles. The van der Waals surface area contributed by atoms with Gasteiger partial charge in [-0.1, -0.05) is 30.3 Å². The maximum Gasteiger partial charge on any atom is 0.254 e. The quantitative estimate of drug-likeness (QED) is 0.812. The molecule has 2 aromatic carbocycles. The molecule has 4 nitrogen and oxygen atoms in total. The van der Waals surface area contributed by atoms with Gasteiger partial charge in [0.15, 0.2) is 0 Å². The minimum absolute atomic E-state index is 0. The van der Waals surface area contributed by atoms with E-state index in [0.29, 0.717) is 24.3 Å². The number of hydrogen-bond acceptors (Lipinski definition) is 3. The molecule has 0 aromatic heterocycles. The number of rotatable bonds is 3. The maximum atomic E-state index is 14.5. The Morgan fingerprint density at radius 2 is 1.68 bits per heavy atom. The Balaban J connectivity index is 0.00000140. The van der Waals surface area contributed by atoms with Crippen molar-refractivity contribution in [3.05, 3.63) is 65.5 Å². The molecule has 2 N–H and O–H groups in total. The van der Waals surface area contributed by atoms with Crippen LogP contribution in [-0.2, 0) is 0 Å². The maximum absolute atomic E-state index is 14.5. The highest BCUT2D eigenvalue weighted by Crippen LogP contribution is 2.29. The third-order valence-electron chi connectivity index (χ3n) is 5.52. The number of hydrogen-bond donors (Lipinski definition) is 1. The van der Waals surface area contributed by atoms with Gasteiger partial charge in [-0.05, 0) is 36.6 Å². The fourth-order valence-corrected chi connectivity index (χ4v) is 4.08. The van der Waals surface area contributed by atoms with Crippen LogP contribution < -0.4 is 10.6 Å². The molecule has 0 bridgehead atoms. The van der Waals surface area contributed by atoms with E-state index in [1.54, 1.807) is 17.0 Å². The lowest BCUT2D eigenvalue weighted by Crippen LogP contribution is -2.32. The van der Waals surface area contributed by atoms with Gasteiger partial charge in [-0.15, -0.1) is 24.8 Å². The molecule has 2 atom stereocenters. The molecule has 2 aliphatic rings. The summed E-state index contributed by atoms with van der Waals surface area (Å²) in [6, 6.07) is 14.8. The van der Waals surface area contributed by atoms with Gasteiger partial charge in [-0.25, -0.2) is 4.39 Å². The molecular weight excluding hydrogens is 400 g/mol. The van der Waals surface area contributed by atoms with Crippen molar-refractivity contribution in [2.45, 2.75) is 24.8 Å². The Hall–Kier alpha value is -1.82. The molecule has 4 rings (SSSR count). The molecular formula is C21H26Cl2FN3O. The lowest BCUT2D eigenvalue weighted by molar-refractivity contribution is 0.0788. The van der Waals surface area contributed by atoms with E-state index in [1.807, 2.05) is 35.2 Å². The number of nitrogens with zero attached hydrogens (tertiary/aromatic N) is 2. The summed E-state index contributed by atoms with van der Waals surface area (Å²) in [5.41, 5.74) is 8.42. The van der Waals surface area contributed by atoms with E-state index in [9.17, 15) is 9.18 Å². The molecule has 0 saturated carbocycles. The number of carbonyl (C=O) groups is 1. The summed E-state index contributed by atoms with van der Waals surface area (Å²) in [5, 5.41) is 0. The number of carbonyl (C=O) groups excluding carboxylic acids is 1. The Morgan fingerprint density at radius 3 is 2.32 bits per heavy atom. The van der Waals surface area contributed by atoms with Gasteiger partial charge in [0.1, 0.15) is 5.82 Å². The van der Waals surface area contributed by atoms with E-state index < -0.39 is 0 Å². The SMILES string of the molecule is Cl.Cl.N[C@@H]1CN(C(=O)c2ccc(N3CCCC3)c(F)c2)C[C@H]1c1ccccc1. The standard InChI is InChI=1S/C21H24FN3O.2ClH/c22-18-12-16(8-9-20(18)24-10-4-5-11-24)21(26)25-13-17(19(23)14-25)15-6-2-1-3-7-15;;/h1-3,6-9,12,17,19H,4-5,10-11,13-14,23H2;2*1H/t17-,19+;;/m0../s1. The molecule has 0 aliphatic carbocycles. The van der Waals surface area contributed by atoms with Gasteiger partial charge in [-0.3, -0.25) is 4.79 Å². The predicted octanol–water partition coefficient (Wildman–Crippen LogP) is 3.84. The summed E-state index contributed by atoms with van der Waals surface area (Å²) in [4.78, 5) is 16.6. The summed E-state index contributed by atoms with van der Waals surface area (Å²) < 4.78 is 14.5. The predicted molar refractivity (Wildman–Crippen MR) is 115 cm³/mol. The van der Waals surface area contributed by atoms with Crippen molar-refractivity contribution in [2.24, 2.45) is 5.73 Å². The van der Waals surface area contributed by atoms with Crippen LogP contribution in [0.2, 0.25) is 0 Å². The van der Waals surface area contributed by atoms with Crippen LogP contribution in [0.5, 0.6) is 0 Å². The van der Waals surface area contributed by atoms with Crippen molar-refractivity contribution < 1.29 is 9.18 Å². The first-order valence-electron chi connectivity index (χ1n) is 9.28. The van der Waals surface area contributed by atoms with E-state index in [4.69, 9.17) is 5.73 Å². The molecule has 1 amide bonds. The van der Waals surface area contributed by atoms with Crippen molar-refractivity contribution in [1.29, 1.82) is 0 Å². The van der Waals surface area contributed by atoms with Crippen LogP contribution in [0, 0.1) is 5.82 Å². The minimum atomic E-state index is -0.319. The summed E-state index contributed by atoms with van der Waals surface area (Å²) in [6.45, 7) is 2.82. The van der Waals surface area contributed by atoms with Crippen LogP contribution in [0.1, 0.15) is 34.7 Å². The van der Waals surface area contributed by atoms with E-state index >= 15 is 0 Å². The zero-order valence-corrected chi connectivity index (χ0v) is 17.2. The fraction of sp³-hybridized carbons (Fsp3) is 0.381. The molecule has 0 spiro atoms. The zero-order valence-electron chi connectivity index (χ0n) is 15.6. The topological polar surface area (TPSA) is 49.6 Å². The normalized spacial score (nSPS) is 21.2. The zero-order chi connectivity index (χ0) is 18.1. The monoisotopic (exact) mass is 425 g/mol. The Morgan fingerprint density at radius 1 is 1.00 bits per heavy atom. The number of likely N-dealkylation sites (tertiary alicyclic amines) is 1. The van der Waals surface area contributed by atoms with Gasteiger partial charge in [0.25, 0.3) is 5.91 Å². The second-order valence-corrected chi connectivity index (χ2v) is 7.25. The van der Waals surface area contributed by atoms with E-state index in [-0.39, 0.29) is 48.5 Å². The largest absolute Gasteiger partial charge is 0.369 e. The third-order valence-corrected chi connectivity index (χ3v) is 5.52. The molecule has 0 unspecified atom stereocenters. The first-order chi connectivity index (χ1) is 12.6. The summed E-state index contributed by atoms with van der Waals surface area (Å²) in [5.74, 6) is -0.347. The lowest BCUT2D eigenvalue weighted by Gasteiger charge is -2.20. The van der Waals surface area contributed by atoms with E-state index in [0.717, 1.165) is 31.5 Å². The van der Waals surface area contributed by atoms with Crippen molar-refractivity contribution in [3.8, 4) is 0 Å². The van der Waals surface area contributed by atoms with E-state index in [2.05, 4.69) is 0 Å². The summed E-state index contributed by atoms with van der Waals surface area (Å²) in [7, 11) is 0. The Kier molecular flexibility index (Phi) is 7.70. The highest BCUT2D eigenvalue weighted by Gasteiger charge is 2.34. The van der Waals surface area contributed by atoms with Crippen LogP contribution in [0.3, 0.4) is 0 Å². The van der Waals surface area contributed by atoms with Gasteiger partial charge in [0.05, 0.1) is 5.69 Å². The number of benzene rings is 2. The number of amides is 1. The number of anilines is 1. The summed E-state index contributed by atoms with van der Waals surface area (Å²) in [6.07, 6.45) is 2.18. The smallest absolute Gasteiger partial charge is 0.254 e. The minimum Gasteiger partial charge on any atom is -0.369 e. The Bertz CT molecular complexity index is 799. The first kappa shape index (κ1) is 22.5. The second-order valence-electron chi connectivity index (χ2n) is 7.25. The third kappa shape index (κ3) is 4.43. The molecule has 28 heavy (non-hydrogen) atoms. The van der Waals surface area contributed by atoms with Gasteiger partial charge < -0.3 is 15.5 Å². The average Bonchev–Trinajstić information content (AvgIpc) is 3.31. The van der Waals surface area contributed by atoms with Gasteiger partial charge in [-0.2, -0.15) is 0 Å². The van der Waals surface area contributed by atoms with Gasteiger partial charge >= 0.3 is 0 Å². The van der Waals surface area contributed by atoms with Crippen LogP contribution in [0.4, 0.5) is 10.1 Å². The van der Waals surface area contributed by atoms with Gasteiger partial charge in [0, 0.05) is 43.7 Å². The molecule has 2 aliphatic heterocycles. The van der Waals surface area contributed by atoms with Crippen LogP contribution in [0.25, 0.3) is 0 Å². The molecule has 7 heteroatoms. The summed E-state index contributed by atoms with van der Waals surface area (Å²) >= 11 is 0. The lowest BCUT2D eigenvalue weighted by atomic mass is 9.95. The molecule has 2 aromatic rings. The molecule has 2 fully saturated rings. The second kappa shape index (κ2) is 9.59. The van der Waals surface area contributed by atoms with Crippen LogP contribution >= 0.6 is 24.8 Å². The number of nitrogens with two attached hydrogens (primary N) is 1. The van der Waals surface area contributed by atoms with Gasteiger partial charge in [0.2, 0.25) is 0 Å². The molecule has 0 radical (unpaired) electrons. The van der Waals surface area contributed by atoms with Crippen LogP contribution in [-0.4, -0.2) is 43.0 Å². The van der Waals surface area contributed by atoms with Crippen molar-refractivity contribution in [3.63, 3.8) is 0 Å². The highest BCUT2D eigenvalue weighted by molar-refractivity contribution is 5.95. The van der Waals surface area contributed by atoms with Crippen LogP contribution in [0.15, 0.2) is 48.5 Å². The number of halogens is 3. The Labute approximate surface area is 177 Å². The highest BCUT2D eigenvalue weighted by atomic mass is 35.5. The molecule has 2 heterocycles. The average molecular weight is 426 g/mol. The van der Waals surface area contributed by atoms with E-state index in [1.165, 1.54) is 6.07 Å². The van der Waals surface area contributed by atoms with Crippen molar-refractivity contribution >= 4 is 36.4 Å². The van der Waals surface area contributed by atoms with Crippen molar-refractivity contribution in [2.75, 3.05) is 31.1 Å². The molecule has 152 valence electrons. The fourth-order valence-electron chi connectivity index (χ4n) is 4.08. The van der Waals surface area contributed by atoms with Crippen molar-refractivity contribution in [1.82, 2.24) is 4.90 Å². The first-order valence-corrected chi connectivity index (χ1v) is 9.28.